The third-order valence-corrected chi connectivity index (χ3v) is 3.67. The summed E-state index contributed by atoms with van der Waals surface area (Å²) >= 11 is 0. The first-order valence-electron chi connectivity index (χ1n) is 6.13. The first-order chi connectivity index (χ1) is 8.29. The van der Waals surface area contributed by atoms with Gasteiger partial charge in [0.15, 0.2) is 0 Å². The molecule has 2 aromatic heterocycles. The van der Waals surface area contributed by atoms with Crippen molar-refractivity contribution >= 4 is 5.52 Å². The molecule has 3 N–H and O–H groups in total. The standard InChI is InChI=1S/C13H17N3O/c14-12(8-17)10-4-5-11-6-15-13(16(11)7-10)9-2-1-3-9/h4-7,9,12,17H,1-3,8,14H2. The van der Waals surface area contributed by atoms with Gasteiger partial charge in [0, 0.05) is 12.1 Å². The Balaban J connectivity index is 2.05. The molecule has 0 bridgehead atoms. The van der Waals surface area contributed by atoms with Crippen LogP contribution in [0, 0.1) is 0 Å². The molecule has 1 unspecified atom stereocenters. The Labute approximate surface area is 100 Å². The fourth-order valence-electron chi connectivity index (χ4n) is 2.32. The second-order valence-electron chi connectivity index (χ2n) is 4.79. The van der Waals surface area contributed by atoms with Gasteiger partial charge in [-0.3, -0.25) is 0 Å². The van der Waals surface area contributed by atoms with Crippen molar-refractivity contribution < 1.29 is 5.11 Å². The van der Waals surface area contributed by atoms with Crippen molar-refractivity contribution in [3.05, 3.63) is 35.9 Å². The van der Waals surface area contributed by atoms with Crippen LogP contribution in [0.15, 0.2) is 24.5 Å². The smallest absolute Gasteiger partial charge is 0.116 e. The molecule has 0 aromatic carbocycles. The molecule has 1 aliphatic rings. The Bertz CT molecular complexity index is 530. The van der Waals surface area contributed by atoms with E-state index in [2.05, 4.69) is 9.38 Å². The van der Waals surface area contributed by atoms with E-state index in [4.69, 9.17) is 10.8 Å². The van der Waals surface area contributed by atoms with Crippen LogP contribution >= 0.6 is 0 Å². The van der Waals surface area contributed by atoms with E-state index in [-0.39, 0.29) is 12.6 Å². The highest BCUT2D eigenvalue weighted by Crippen LogP contribution is 2.35. The van der Waals surface area contributed by atoms with Crippen LogP contribution in [0.4, 0.5) is 0 Å². The van der Waals surface area contributed by atoms with E-state index in [9.17, 15) is 0 Å². The molecule has 1 atom stereocenters. The highest BCUT2D eigenvalue weighted by Gasteiger charge is 2.23. The van der Waals surface area contributed by atoms with Gasteiger partial charge in [-0.25, -0.2) is 4.98 Å². The maximum atomic E-state index is 9.10. The van der Waals surface area contributed by atoms with Gasteiger partial charge in [-0.1, -0.05) is 12.5 Å². The lowest BCUT2D eigenvalue weighted by Gasteiger charge is -2.24. The Hall–Kier alpha value is -1.39. The third-order valence-electron chi connectivity index (χ3n) is 3.67. The number of nitrogens with zero attached hydrogens (tertiary/aromatic N) is 2. The number of imidazole rings is 1. The Morgan fingerprint density at radius 2 is 2.29 bits per heavy atom. The van der Waals surface area contributed by atoms with Crippen LogP contribution in [0.3, 0.4) is 0 Å². The van der Waals surface area contributed by atoms with Gasteiger partial charge in [-0.2, -0.15) is 0 Å². The summed E-state index contributed by atoms with van der Waals surface area (Å²) in [6.07, 6.45) is 7.68. The predicted octanol–water partition coefficient (Wildman–Crippen LogP) is 1.59. The topological polar surface area (TPSA) is 63.5 Å². The van der Waals surface area contributed by atoms with Crippen LogP contribution in [0.5, 0.6) is 0 Å². The summed E-state index contributed by atoms with van der Waals surface area (Å²) in [4.78, 5) is 4.50. The minimum Gasteiger partial charge on any atom is -0.394 e. The predicted molar refractivity (Wildman–Crippen MR) is 65.8 cm³/mol. The number of hydrogen-bond acceptors (Lipinski definition) is 3. The maximum absolute atomic E-state index is 9.10. The van der Waals surface area contributed by atoms with Gasteiger partial charge in [0.25, 0.3) is 0 Å². The zero-order chi connectivity index (χ0) is 11.8. The largest absolute Gasteiger partial charge is 0.394 e. The van der Waals surface area contributed by atoms with Crippen molar-refractivity contribution in [1.29, 1.82) is 0 Å². The lowest BCUT2D eigenvalue weighted by atomic mass is 9.85. The molecule has 4 nitrogen and oxygen atoms in total. The highest BCUT2D eigenvalue weighted by molar-refractivity contribution is 5.48. The van der Waals surface area contributed by atoms with Gasteiger partial charge >= 0.3 is 0 Å². The molecule has 0 saturated heterocycles. The van der Waals surface area contributed by atoms with E-state index in [0.717, 1.165) is 16.9 Å². The van der Waals surface area contributed by atoms with Gasteiger partial charge in [0.05, 0.1) is 24.4 Å². The van der Waals surface area contributed by atoms with Gasteiger partial charge in [0.1, 0.15) is 5.82 Å². The molecule has 1 fully saturated rings. The van der Waals surface area contributed by atoms with Crippen LogP contribution in [0.25, 0.3) is 5.52 Å². The van der Waals surface area contributed by atoms with Crippen molar-refractivity contribution in [3.63, 3.8) is 0 Å². The van der Waals surface area contributed by atoms with Crippen molar-refractivity contribution in [3.8, 4) is 0 Å². The molecule has 2 aromatic rings. The average Bonchev–Trinajstić information content (AvgIpc) is 2.69. The molecule has 4 heteroatoms. The van der Waals surface area contributed by atoms with Crippen LogP contribution in [-0.2, 0) is 0 Å². The molecule has 0 radical (unpaired) electrons. The summed E-state index contributed by atoms with van der Waals surface area (Å²) in [6, 6.07) is 3.67. The van der Waals surface area contributed by atoms with Gasteiger partial charge in [-0.05, 0) is 24.5 Å². The Morgan fingerprint density at radius 3 is 2.94 bits per heavy atom. The van der Waals surface area contributed by atoms with Crippen molar-refractivity contribution in [2.45, 2.75) is 31.2 Å². The number of hydrogen-bond donors (Lipinski definition) is 2. The summed E-state index contributed by atoms with van der Waals surface area (Å²) in [5.74, 6) is 1.73. The minimum atomic E-state index is -0.309. The average molecular weight is 231 g/mol. The number of rotatable bonds is 3. The van der Waals surface area contributed by atoms with E-state index in [1.54, 1.807) is 0 Å². The summed E-state index contributed by atoms with van der Waals surface area (Å²) < 4.78 is 2.12. The van der Waals surface area contributed by atoms with E-state index >= 15 is 0 Å². The first-order valence-corrected chi connectivity index (χ1v) is 6.13. The molecule has 0 aliphatic heterocycles. The fourth-order valence-corrected chi connectivity index (χ4v) is 2.32. The number of aliphatic hydroxyl groups excluding tert-OH is 1. The zero-order valence-electron chi connectivity index (χ0n) is 9.71. The van der Waals surface area contributed by atoms with Crippen LogP contribution in [-0.4, -0.2) is 21.1 Å². The lowest BCUT2D eigenvalue weighted by molar-refractivity contribution is 0.267. The first kappa shape index (κ1) is 10.7. The summed E-state index contributed by atoms with van der Waals surface area (Å²) in [5.41, 5.74) is 7.90. The lowest BCUT2D eigenvalue weighted by Crippen LogP contribution is -2.16. The number of pyridine rings is 1. The SMILES string of the molecule is NC(CO)c1ccc2cnc(C3CCC3)n2c1. The minimum absolute atomic E-state index is 0.0288. The molecular weight excluding hydrogens is 214 g/mol. The van der Waals surface area contributed by atoms with Crippen molar-refractivity contribution in [2.24, 2.45) is 5.73 Å². The van der Waals surface area contributed by atoms with E-state index in [1.807, 2.05) is 24.5 Å². The second-order valence-corrected chi connectivity index (χ2v) is 4.79. The van der Waals surface area contributed by atoms with E-state index in [1.165, 1.54) is 19.3 Å². The van der Waals surface area contributed by atoms with Crippen LogP contribution in [0.2, 0.25) is 0 Å². The fraction of sp³-hybridized carbons (Fsp3) is 0.462. The van der Waals surface area contributed by atoms with Crippen molar-refractivity contribution in [2.75, 3.05) is 6.61 Å². The van der Waals surface area contributed by atoms with Gasteiger partial charge in [-0.15, -0.1) is 0 Å². The maximum Gasteiger partial charge on any atom is 0.116 e. The molecule has 17 heavy (non-hydrogen) atoms. The monoisotopic (exact) mass is 231 g/mol. The second kappa shape index (κ2) is 4.13. The molecule has 1 saturated carbocycles. The highest BCUT2D eigenvalue weighted by atomic mass is 16.3. The molecule has 90 valence electrons. The number of fused-ring (bicyclic) bond motifs is 1. The number of nitrogens with two attached hydrogens (primary N) is 1. The quantitative estimate of drug-likeness (QED) is 0.843. The molecule has 1 aliphatic carbocycles. The van der Waals surface area contributed by atoms with Gasteiger partial charge in [0.2, 0.25) is 0 Å². The molecular formula is C13H17N3O. The summed E-state index contributed by atoms with van der Waals surface area (Å²) in [6.45, 7) is -0.0288. The summed E-state index contributed by atoms with van der Waals surface area (Å²) in [7, 11) is 0. The van der Waals surface area contributed by atoms with Crippen LogP contribution < -0.4 is 5.73 Å². The summed E-state index contributed by atoms with van der Waals surface area (Å²) in [5, 5.41) is 9.10. The third kappa shape index (κ3) is 1.73. The van der Waals surface area contributed by atoms with E-state index < -0.39 is 0 Å². The molecule has 3 rings (SSSR count). The Kier molecular flexibility index (Phi) is 2.61. The van der Waals surface area contributed by atoms with Crippen LogP contribution in [0.1, 0.15) is 42.6 Å². The normalized spacial score (nSPS) is 18.2. The van der Waals surface area contributed by atoms with Gasteiger partial charge < -0.3 is 15.2 Å². The zero-order valence-corrected chi connectivity index (χ0v) is 9.71. The number of aromatic nitrogens is 2. The molecule has 0 spiro atoms. The Morgan fingerprint density at radius 1 is 1.47 bits per heavy atom. The molecule has 2 heterocycles. The van der Waals surface area contributed by atoms with Crippen molar-refractivity contribution in [1.82, 2.24) is 9.38 Å². The van der Waals surface area contributed by atoms with E-state index in [0.29, 0.717) is 5.92 Å². The molecule has 0 amide bonds. The number of aliphatic hydroxyl groups is 1.